The number of nitrogens with zero attached hydrogens (tertiary/aromatic N) is 3. The minimum Gasteiger partial charge on any atom is -0.346 e. The number of aryl methyl sites for hydroxylation is 1. The lowest BCUT2D eigenvalue weighted by Gasteiger charge is -2.21. The van der Waals surface area contributed by atoms with Crippen LogP contribution in [0.15, 0.2) is 79.3 Å². The lowest BCUT2D eigenvalue weighted by atomic mass is 9.96. The molecule has 0 saturated carbocycles. The van der Waals surface area contributed by atoms with E-state index in [2.05, 4.69) is 39.2 Å². The van der Waals surface area contributed by atoms with Gasteiger partial charge in [-0.15, -0.1) is 0 Å². The van der Waals surface area contributed by atoms with Gasteiger partial charge in [-0.2, -0.15) is 5.10 Å². The molecule has 0 aliphatic heterocycles. The topological polar surface area (TPSA) is 51.9 Å². The van der Waals surface area contributed by atoms with Crippen molar-refractivity contribution in [3.05, 3.63) is 84.8 Å². The van der Waals surface area contributed by atoms with Crippen molar-refractivity contribution in [2.75, 3.05) is 5.32 Å². The fourth-order valence-corrected chi connectivity index (χ4v) is 3.32. The second kappa shape index (κ2) is 6.88. The molecule has 5 nitrogen and oxygen atoms in total. The summed E-state index contributed by atoms with van der Waals surface area (Å²) in [4.78, 5) is 12.7. The first-order chi connectivity index (χ1) is 12.7. The minimum atomic E-state index is -0.0835. The summed E-state index contributed by atoms with van der Waals surface area (Å²) in [5.41, 5.74) is 1.13. The monoisotopic (exact) mass is 344 g/mol. The zero-order valence-corrected chi connectivity index (χ0v) is 14.5. The van der Waals surface area contributed by atoms with Crippen LogP contribution in [-0.4, -0.2) is 20.3 Å². The zero-order chi connectivity index (χ0) is 17.9. The van der Waals surface area contributed by atoms with Crippen LogP contribution in [0.3, 0.4) is 0 Å². The quantitative estimate of drug-likeness (QED) is 0.595. The van der Waals surface area contributed by atoms with Crippen LogP contribution in [0.5, 0.6) is 0 Å². The van der Waals surface area contributed by atoms with E-state index in [0.717, 1.165) is 5.56 Å². The van der Waals surface area contributed by atoms with Gasteiger partial charge in [0.2, 0.25) is 5.91 Å². The average molecular weight is 344 g/mol. The molecule has 5 heteroatoms. The van der Waals surface area contributed by atoms with Crippen molar-refractivity contribution in [1.29, 1.82) is 0 Å². The second-order valence-corrected chi connectivity index (χ2v) is 6.34. The maximum Gasteiger partial charge on any atom is 0.228 e. The van der Waals surface area contributed by atoms with E-state index in [-0.39, 0.29) is 11.9 Å². The summed E-state index contributed by atoms with van der Waals surface area (Å²) in [5.74, 6) is 0.511. The number of benzene rings is 2. The van der Waals surface area contributed by atoms with Gasteiger partial charge in [0.15, 0.2) is 5.82 Å². The van der Waals surface area contributed by atoms with Crippen molar-refractivity contribution in [2.24, 2.45) is 7.05 Å². The maximum atomic E-state index is 12.7. The van der Waals surface area contributed by atoms with Crippen molar-refractivity contribution in [2.45, 2.75) is 12.5 Å². The second-order valence-electron chi connectivity index (χ2n) is 6.34. The highest BCUT2D eigenvalue weighted by Crippen LogP contribution is 2.29. The van der Waals surface area contributed by atoms with Crippen LogP contribution in [0.25, 0.3) is 10.8 Å². The van der Waals surface area contributed by atoms with Crippen molar-refractivity contribution < 1.29 is 4.79 Å². The summed E-state index contributed by atoms with van der Waals surface area (Å²) in [5, 5.41) is 9.45. The number of hydrogen-bond donors (Lipinski definition) is 1. The Hall–Kier alpha value is -3.34. The average Bonchev–Trinajstić information content (AvgIpc) is 3.31. The van der Waals surface area contributed by atoms with Crippen LogP contribution in [-0.2, 0) is 11.8 Å². The van der Waals surface area contributed by atoms with Crippen LogP contribution >= 0.6 is 0 Å². The molecule has 0 aliphatic carbocycles. The van der Waals surface area contributed by atoms with Crippen molar-refractivity contribution in [1.82, 2.24) is 14.3 Å². The molecule has 4 aromatic rings. The molecule has 0 unspecified atom stereocenters. The first-order valence-corrected chi connectivity index (χ1v) is 8.60. The lowest BCUT2D eigenvalue weighted by Crippen LogP contribution is -2.20. The Labute approximate surface area is 151 Å². The molecule has 2 aromatic heterocycles. The zero-order valence-electron chi connectivity index (χ0n) is 14.5. The van der Waals surface area contributed by atoms with E-state index in [4.69, 9.17) is 0 Å². The highest BCUT2D eigenvalue weighted by atomic mass is 16.1. The van der Waals surface area contributed by atoms with Gasteiger partial charge in [0, 0.05) is 31.7 Å². The van der Waals surface area contributed by atoms with E-state index in [1.165, 1.54) is 10.8 Å². The van der Waals surface area contributed by atoms with Gasteiger partial charge in [-0.25, -0.2) is 0 Å². The standard InChI is InChI=1S/C21H20N4O/c1-24-14-11-20(23-24)22-21(26)15-19(25-12-4-5-13-25)18-10-6-8-16-7-2-3-9-17(16)18/h2-14,19H,15H2,1H3,(H,22,23,26)/t19-/m1/s1. The molecule has 130 valence electrons. The van der Waals surface area contributed by atoms with Crippen molar-refractivity contribution in [3.8, 4) is 0 Å². The van der Waals surface area contributed by atoms with Gasteiger partial charge in [0.25, 0.3) is 0 Å². The normalized spacial score (nSPS) is 12.2. The van der Waals surface area contributed by atoms with E-state index in [1.807, 2.05) is 56.0 Å². The van der Waals surface area contributed by atoms with E-state index in [9.17, 15) is 4.79 Å². The SMILES string of the molecule is Cn1ccc(NC(=O)C[C@H](c2cccc3ccccc23)n2cccc2)n1. The lowest BCUT2D eigenvalue weighted by molar-refractivity contribution is -0.116. The molecule has 2 heterocycles. The predicted octanol–water partition coefficient (Wildman–Crippen LogP) is 3.99. The molecule has 4 rings (SSSR count). The molecular weight excluding hydrogens is 324 g/mol. The molecule has 0 aliphatic rings. The van der Waals surface area contributed by atoms with Crippen LogP contribution < -0.4 is 5.32 Å². The van der Waals surface area contributed by atoms with Crippen LogP contribution in [0.2, 0.25) is 0 Å². The summed E-state index contributed by atoms with van der Waals surface area (Å²) in [6.07, 6.45) is 6.14. The molecule has 26 heavy (non-hydrogen) atoms. The summed E-state index contributed by atoms with van der Waals surface area (Å²) in [6, 6.07) is 20.2. The number of rotatable bonds is 5. The van der Waals surface area contributed by atoms with Crippen LogP contribution in [0.1, 0.15) is 18.0 Å². The number of nitrogens with one attached hydrogen (secondary N) is 1. The molecule has 1 N–H and O–H groups in total. The number of aromatic nitrogens is 3. The summed E-state index contributed by atoms with van der Waals surface area (Å²) >= 11 is 0. The van der Waals surface area contributed by atoms with Gasteiger partial charge >= 0.3 is 0 Å². The predicted molar refractivity (Wildman–Crippen MR) is 103 cm³/mol. The number of carbonyl (C=O) groups is 1. The molecule has 1 amide bonds. The third-order valence-corrected chi connectivity index (χ3v) is 4.53. The van der Waals surface area contributed by atoms with Crippen LogP contribution in [0.4, 0.5) is 5.82 Å². The Balaban J connectivity index is 1.68. The first kappa shape index (κ1) is 16.1. The van der Waals surface area contributed by atoms with Gasteiger partial charge in [0.05, 0.1) is 12.5 Å². The smallest absolute Gasteiger partial charge is 0.228 e. The minimum absolute atomic E-state index is 0.0599. The molecule has 0 saturated heterocycles. The van der Waals surface area contributed by atoms with E-state index in [1.54, 1.807) is 10.7 Å². The van der Waals surface area contributed by atoms with Gasteiger partial charge < -0.3 is 9.88 Å². The van der Waals surface area contributed by atoms with Gasteiger partial charge in [-0.1, -0.05) is 42.5 Å². The van der Waals surface area contributed by atoms with E-state index in [0.29, 0.717) is 12.2 Å². The van der Waals surface area contributed by atoms with Crippen LogP contribution in [0, 0.1) is 0 Å². The Morgan fingerprint density at radius 2 is 1.77 bits per heavy atom. The van der Waals surface area contributed by atoms with Gasteiger partial charge in [0.1, 0.15) is 0 Å². The summed E-state index contributed by atoms with van der Waals surface area (Å²) in [6.45, 7) is 0. The third kappa shape index (κ3) is 3.24. The molecule has 2 aromatic carbocycles. The van der Waals surface area contributed by atoms with E-state index >= 15 is 0 Å². The highest BCUT2D eigenvalue weighted by Gasteiger charge is 2.20. The Morgan fingerprint density at radius 1 is 1.00 bits per heavy atom. The number of fused-ring (bicyclic) bond motifs is 1. The summed E-state index contributed by atoms with van der Waals surface area (Å²) < 4.78 is 3.75. The molecular formula is C21H20N4O. The Morgan fingerprint density at radius 3 is 2.54 bits per heavy atom. The molecule has 0 fully saturated rings. The number of anilines is 1. The molecule has 0 spiro atoms. The fourth-order valence-electron chi connectivity index (χ4n) is 3.32. The fraction of sp³-hybridized carbons (Fsp3) is 0.143. The van der Waals surface area contributed by atoms with E-state index < -0.39 is 0 Å². The Kier molecular flexibility index (Phi) is 4.27. The van der Waals surface area contributed by atoms with Gasteiger partial charge in [-0.05, 0) is 28.5 Å². The molecule has 1 atom stereocenters. The Bertz CT molecular complexity index is 1030. The highest BCUT2D eigenvalue weighted by molar-refractivity contribution is 5.91. The first-order valence-electron chi connectivity index (χ1n) is 8.60. The van der Waals surface area contributed by atoms with Crippen molar-refractivity contribution in [3.63, 3.8) is 0 Å². The number of hydrogen-bond acceptors (Lipinski definition) is 2. The molecule has 0 bridgehead atoms. The maximum absolute atomic E-state index is 12.7. The largest absolute Gasteiger partial charge is 0.346 e. The molecule has 0 radical (unpaired) electrons. The number of amides is 1. The van der Waals surface area contributed by atoms with Crippen molar-refractivity contribution >= 4 is 22.5 Å². The third-order valence-electron chi connectivity index (χ3n) is 4.53. The number of carbonyl (C=O) groups excluding carboxylic acids is 1. The summed E-state index contributed by atoms with van der Waals surface area (Å²) in [7, 11) is 1.83. The van der Waals surface area contributed by atoms with Gasteiger partial charge in [-0.3, -0.25) is 9.48 Å².